The van der Waals surface area contributed by atoms with Gasteiger partial charge in [-0.05, 0) is 48.4 Å². The minimum absolute atomic E-state index is 0.0345. The van der Waals surface area contributed by atoms with Crippen LogP contribution in [0.1, 0.15) is 42.2 Å². The number of nitrogens with zero attached hydrogens (tertiary/aromatic N) is 2. The fourth-order valence-corrected chi connectivity index (χ4v) is 5.78. The number of amides is 2. The summed E-state index contributed by atoms with van der Waals surface area (Å²) in [6.45, 7) is 5.21. The first kappa shape index (κ1) is 23.4. The van der Waals surface area contributed by atoms with Crippen LogP contribution in [-0.2, 0) is 16.0 Å². The number of ether oxygens (including phenoxy) is 2. The van der Waals surface area contributed by atoms with Gasteiger partial charge < -0.3 is 19.3 Å². The second-order valence-electron chi connectivity index (χ2n) is 8.60. The van der Waals surface area contributed by atoms with Crippen LogP contribution in [0.2, 0.25) is 0 Å². The zero-order valence-electron chi connectivity index (χ0n) is 19.2. The average molecular weight is 469 g/mol. The fourth-order valence-electron chi connectivity index (χ4n) is 4.85. The number of para-hydroxylation sites is 2. The van der Waals surface area contributed by atoms with Gasteiger partial charge in [0.25, 0.3) is 0 Å². The Morgan fingerprint density at radius 2 is 1.97 bits per heavy atom. The molecule has 2 amide bonds. The molecule has 0 radical (unpaired) electrons. The van der Waals surface area contributed by atoms with Crippen molar-refractivity contribution in [2.75, 3.05) is 33.4 Å². The lowest BCUT2D eigenvalue weighted by Crippen LogP contribution is -2.48. The summed E-state index contributed by atoms with van der Waals surface area (Å²) in [4.78, 5) is 31.4. The van der Waals surface area contributed by atoms with Gasteiger partial charge in [0.1, 0.15) is 13.2 Å². The van der Waals surface area contributed by atoms with E-state index < -0.39 is 0 Å². The highest BCUT2D eigenvalue weighted by atomic mass is 32.1. The number of hydrogen-bond donors (Lipinski definition) is 0. The third-order valence-electron chi connectivity index (χ3n) is 6.57. The molecule has 0 N–H and O–H groups in total. The van der Waals surface area contributed by atoms with Crippen molar-refractivity contribution in [1.29, 1.82) is 0 Å². The number of fused-ring (bicyclic) bond motifs is 1. The molecule has 33 heavy (non-hydrogen) atoms. The molecule has 4 rings (SSSR count). The zero-order chi connectivity index (χ0) is 23.2. The van der Waals surface area contributed by atoms with Gasteiger partial charge in [-0.15, -0.1) is 17.9 Å². The van der Waals surface area contributed by atoms with Crippen molar-refractivity contribution in [2.45, 2.75) is 38.1 Å². The maximum absolute atomic E-state index is 13.5. The summed E-state index contributed by atoms with van der Waals surface area (Å²) in [6, 6.07) is 9.41. The predicted octanol–water partition coefficient (Wildman–Crippen LogP) is 4.47. The molecule has 0 spiro atoms. The molecular formula is C26H32N2O4S. The van der Waals surface area contributed by atoms with E-state index in [0.717, 1.165) is 37.7 Å². The normalized spacial score (nSPS) is 18.0. The van der Waals surface area contributed by atoms with E-state index in [1.54, 1.807) is 29.4 Å². The number of methoxy groups -OCH3 is 1. The molecule has 1 aromatic carbocycles. The van der Waals surface area contributed by atoms with Crippen LogP contribution in [0.3, 0.4) is 0 Å². The first-order valence-corrected chi connectivity index (χ1v) is 12.5. The van der Waals surface area contributed by atoms with E-state index in [2.05, 4.69) is 18.0 Å². The summed E-state index contributed by atoms with van der Waals surface area (Å²) >= 11 is 1.72. The van der Waals surface area contributed by atoms with Gasteiger partial charge >= 0.3 is 0 Å². The van der Waals surface area contributed by atoms with E-state index in [4.69, 9.17) is 9.47 Å². The van der Waals surface area contributed by atoms with E-state index in [1.807, 2.05) is 29.2 Å². The van der Waals surface area contributed by atoms with Crippen LogP contribution in [0, 0.1) is 5.92 Å². The molecule has 176 valence electrons. The molecule has 1 aromatic heterocycles. The standard InChI is InChI=1S/C26H32N2O4S/c1-3-14-27(26(30)19-8-4-5-9-19)17-25(29)28-15-12-24-20(13-16-33-24)21(28)18-32-23-11-7-6-10-22(23)31-2/h3,6-7,10-11,13,16,19,21H,1,4-5,8-9,12,14-15,17-18H2,2H3. The molecule has 1 aliphatic carbocycles. The highest BCUT2D eigenvalue weighted by molar-refractivity contribution is 7.10. The Morgan fingerprint density at radius 3 is 2.70 bits per heavy atom. The summed E-state index contributed by atoms with van der Waals surface area (Å²) < 4.78 is 11.6. The van der Waals surface area contributed by atoms with Crippen molar-refractivity contribution in [1.82, 2.24) is 9.80 Å². The second kappa shape index (κ2) is 10.9. The smallest absolute Gasteiger partial charge is 0.242 e. The average Bonchev–Trinajstić information content (AvgIpc) is 3.54. The van der Waals surface area contributed by atoms with Gasteiger partial charge in [-0.25, -0.2) is 0 Å². The van der Waals surface area contributed by atoms with Gasteiger partial charge in [-0.1, -0.05) is 31.1 Å². The number of carbonyl (C=O) groups excluding carboxylic acids is 2. The van der Waals surface area contributed by atoms with Gasteiger partial charge in [0.05, 0.1) is 13.2 Å². The summed E-state index contributed by atoms with van der Waals surface area (Å²) in [5.74, 6) is 1.38. The second-order valence-corrected chi connectivity index (χ2v) is 9.60. The minimum Gasteiger partial charge on any atom is -0.493 e. The Bertz CT molecular complexity index is 982. The molecule has 6 nitrogen and oxygen atoms in total. The minimum atomic E-state index is -0.204. The molecule has 7 heteroatoms. The Labute approximate surface area is 199 Å². The molecule has 1 atom stereocenters. The quantitative estimate of drug-likeness (QED) is 0.510. The van der Waals surface area contributed by atoms with E-state index in [9.17, 15) is 9.59 Å². The lowest BCUT2D eigenvalue weighted by atomic mass is 10.00. The Hall–Kier alpha value is -2.80. The number of thiophene rings is 1. The maximum Gasteiger partial charge on any atom is 0.242 e. The van der Waals surface area contributed by atoms with Crippen LogP contribution >= 0.6 is 11.3 Å². The SMILES string of the molecule is C=CCN(CC(=O)N1CCc2sccc2C1COc1ccccc1OC)C(=O)C1CCCC1. The largest absolute Gasteiger partial charge is 0.493 e. The Balaban J connectivity index is 1.50. The van der Waals surface area contributed by atoms with E-state index in [0.29, 0.717) is 31.2 Å². The first-order valence-electron chi connectivity index (χ1n) is 11.6. The Morgan fingerprint density at radius 1 is 1.21 bits per heavy atom. The van der Waals surface area contributed by atoms with Crippen LogP contribution in [0.15, 0.2) is 48.4 Å². The van der Waals surface area contributed by atoms with E-state index in [1.165, 1.54) is 4.88 Å². The van der Waals surface area contributed by atoms with Crippen molar-refractivity contribution >= 4 is 23.2 Å². The lowest BCUT2D eigenvalue weighted by Gasteiger charge is -2.37. The molecule has 1 aliphatic heterocycles. The number of rotatable bonds is 9. The number of benzene rings is 1. The first-order chi connectivity index (χ1) is 16.1. The summed E-state index contributed by atoms with van der Waals surface area (Å²) in [7, 11) is 1.62. The third-order valence-corrected chi connectivity index (χ3v) is 7.57. The summed E-state index contributed by atoms with van der Waals surface area (Å²) in [5, 5.41) is 2.07. The summed E-state index contributed by atoms with van der Waals surface area (Å²) in [5.41, 5.74) is 1.13. The summed E-state index contributed by atoms with van der Waals surface area (Å²) in [6.07, 6.45) is 6.52. The van der Waals surface area contributed by atoms with Gasteiger partial charge in [-0.3, -0.25) is 9.59 Å². The van der Waals surface area contributed by atoms with Crippen molar-refractivity contribution in [3.8, 4) is 11.5 Å². The number of hydrogen-bond acceptors (Lipinski definition) is 5. The van der Waals surface area contributed by atoms with Crippen molar-refractivity contribution in [3.05, 3.63) is 58.8 Å². The zero-order valence-corrected chi connectivity index (χ0v) is 20.0. The van der Waals surface area contributed by atoms with Crippen molar-refractivity contribution < 1.29 is 19.1 Å². The predicted molar refractivity (Wildman–Crippen MR) is 130 cm³/mol. The maximum atomic E-state index is 13.5. The van der Waals surface area contributed by atoms with Crippen LogP contribution in [0.25, 0.3) is 0 Å². The number of carbonyl (C=O) groups is 2. The molecular weight excluding hydrogens is 436 g/mol. The Kier molecular flexibility index (Phi) is 7.70. The van der Waals surface area contributed by atoms with Crippen LogP contribution in [0.5, 0.6) is 11.5 Å². The highest BCUT2D eigenvalue weighted by Crippen LogP contribution is 2.35. The van der Waals surface area contributed by atoms with Gasteiger partial charge in [-0.2, -0.15) is 0 Å². The fraction of sp³-hybridized carbons (Fsp3) is 0.462. The third kappa shape index (κ3) is 5.24. The highest BCUT2D eigenvalue weighted by Gasteiger charge is 2.35. The molecule has 0 bridgehead atoms. The molecule has 1 fully saturated rings. The molecule has 2 heterocycles. The molecule has 1 saturated carbocycles. The lowest BCUT2D eigenvalue weighted by molar-refractivity contribution is -0.144. The van der Waals surface area contributed by atoms with Crippen LogP contribution < -0.4 is 9.47 Å². The topological polar surface area (TPSA) is 59.1 Å². The van der Waals surface area contributed by atoms with Crippen molar-refractivity contribution in [2.24, 2.45) is 5.92 Å². The van der Waals surface area contributed by atoms with Crippen LogP contribution in [-0.4, -0.2) is 55.0 Å². The van der Waals surface area contributed by atoms with Crippen molar-refractivity contribution in [3.63, 3.8) is 0 Å². The van der Waals surface area contributed by atoms with Gasteiger partial charge in [0, 0.05) is 23.9 Å². The van der Waals surface area contributed by atoms with E-state index >= 15 is 0 Å². The molecule has 0 saturated heterocycles. The van der Waals surface area contributed by atoms with E-state index in [-0.39, 0.29) is 30.3 Å². The monoisotopic (exact) mass is 468 g/mol. The van der Waals surface area contributed by atoms with Gasteiger partial charge in [0.2, 0.25) is 11.8 Å². The molecule has 1 unspecified atom stereocenters. The van der Waals surface area contributed by atoms with Gasteiger partial charge in [0.15, 0.2) is 11.5 Å². The molecule has 2 aliphatic rings. The molecule has 2 aromatic rings. The van der Waals surface area contributed by atoms with Crippen LogP contribution in [0.4, 0.5) is 0 Å².